The van der Waals surface area contributed by atoms with Crippen LogP contribution in [0.4, 0.5) is 5.82 Å². The summed E-state index contributed by atoms with van der Waals surface area (Å²) in [5.41, 5.74) is 5.66. The van der Waals surface area contributed by atoms with Crippen molar-refractivity contribution in [3.8, 4) is 5.88 Å². The highest BCUT2D eigenvalue weighted by Crippen LogP contribution is 2.16. The molecule has 1 aromatic heterocycles. The molecule has 17 heavy (non-hydrogen) atoms. The van der Waals surface area contributed by atoms with Gasteiger partial charge in [-0.25, -0.2) is 0 Å². The van der Waals surface area contributed by atoms with E-state index >= 15 is 0 Å². The molecule has 1 rings (SSSR count). The number of anilines is 1. The first-order chi connectivity index (χ1) is 8.21. The fraction of sp³-hybridized carbons (Fsp3) is 0.615. The summed E-state index contributed by atoms with van der Waals surface area (Å²) in [6.45, 7) is 9.42. The molecule has 0 bridgehead atoms. The fourth-order valence-electron chi connectivity index (χ4n) is 1.64. The van der Waals surface area contributed by atoms with Crippen molar-refractivity contribution >= 4 is 5.82 Å². The topological polar surface area (TPSA) is 51.4 Å². The van der Waals surface area contributed by atoms with E-state index < -0.39 is 0 Å². The summed E-state index contributed by atoms with van der Waals surface area (Å²) in [4.78, 5) is 6.71. The number of aromatic nitrogens is 1. The summed E-state index contributed by atoms with van der Waals surface area (Å²) in [5.74, 6) is 2.11. The number of pyridine rings is 1. The molecule has 0 saturated carbocycles. The largest absolute Gasteiger partial charge is 0.478 e. The van der Waals surface area contributed by atoms with Crippen molar-refractivity contribution in [1.29, 1.82) is 0 Å². The maximum absolute atomic E-state index is 5.66. The lowest BCUT2D eigenvalue weighted by Gasteiger charge is -2.25. The van der Waals surface area contributed by atoms with Gasteiger partial charge in [-0.1, -0.05) is 13.0 Å². The predicted octanol–water partition coefficient (Wildman–Crippen LogP) is 1.90. The Morgan fingerprint density at radius 2 is 2.18 bits per heavy atom. The van der Waals surface area contributed by atoms with E-state index in [0.717, 1.165) is 18.9 Å². The van der Waals surface area contributed by atoms with Crippen molar-refractivity contribution in [2.45, 2.75) is 20.8 Å². The Morgan fingerprint density at radius 1 is 1.41 bits per heavy atom. The standard InChI is InChI=1S/C13H23N3O/c1-4-16(10-11(3)9-14)12-7-6-8-13(15-12)17-5-2/h6-8,11H,4-5,9-10,14H2,1-3H3. The van der Waals surface area contributed by atoms with Crippen molar-refractivity contribution in [1.82, 2.24) is 4.98 Å². The lowest BCUT2D eigenvalue weighted by Crippen LogP contribution is -2.32. The molecule has 1 aromatic rings. The third kappa shape index (κ3) is 4.23. The second kappa shape index (κ2) is 7.12. The van der Waals surface area contributed by atoms with Gasteiger partial charge < -0.3 is 15.4 Å². The molecule has 0 amide bonds. The van der Waals surface area contributed by atoms with Crippen LogP contribution in [0.1, 0.15) is 20.8 Å². The van der Waals surface area contributed by atoms with Crippen LogP contribution >= 0.6 is 0 Å². The molecule has 0 aromatic carbocycles. The maximum Gasteiger partial charge on any atom is 0.215 e. The third-order valence-corrected chi connectivity index (χ3v) is 2.64. The predicted molar refractivity (Wildman–Crippen MR) is 71.5 cm³/mol. The quantitative estimate of drug-likeness (QED) is 0.787. The van der Waals surface area contributed by atoms with E-state index in [1.165, 1.54) is 0 Å². The highest BCUT2D eigenvalue weighted by molar-refractivity contribution is 5.40. The van der Waals surface area contributed by atoms with Gasteiger partial charge in [0, 0.05) is 19.2 Å². The molecule has 0 aliphatic carbocycles. The SMILES string of the molecule is CCOc1cccc(N(CC)CC(C)CN)n1. The second-order valence-electron chi connectivity index (χ2n) is 4.15. The lowest BCUT2D eigenvalue weighted by atomic mass is 10.1. The molecule has 0 aliphatic heterocycles. The first-order valence-corrected chi connectivity index (χ1v) is 6.26. The normalized spacial score (nSPS) is 12.2. The fourth-order valence-corrected chi connectivity index (χ4v) is 1.64. The van der Waals surface area contributed by atoms with Gasteiger partial charge in [0.1, 0.15) is 5.82 Å². The lowest BCUT2D eigenvalue weighted by molar-refractivity contribution is 0.327. The van der Waals surface area contributed by atoms with E-state index in [1.807, 2.05) is 25.1 Å². The van der Waals surface area contributed by atoms with Crippen LogP contribution in [0, 0.1) is 5.92 Å². The maximum atomic E-state index is 5.66. The smallest absolute Gasteiger partial charge is 0.215 e. The average Bonchev–Trinajstić information content (AvgIpc) is 2.36. The van der Waals surface area contributed by atoms with Crippen LogP contribution in [-0.2, 0) is 0 Å². The Hall–Kier alpha value is -1.29. The van der Waals surface area contributed by atoms with Crippen LogP contribution in [0.5, 0.6) is 5.88 Å². The van der Waals surface area contributed by atoms with E-state index in [9.17, 15) is 0 Å². The molecule has 4 nitrogen and oxygen atoms in total. The second-order valence-corrected chi connectivity index (χ2v) is 4.15. The van der Waals surface area contributed by atoms with Gasteiger partial charge in [-0.05, 0) is 32.4 Å². The van der Waals surface area contributed by atoms with Gasteiger partial charge >= 0.3 is 0 Å². The van der Waals surface area contributed by atoms with Crippen LogP contribution in [0.3, 0.4) is 0 Å². The average molecular weight is 237 g/mol. The van der Waals surface area contributed by atoms with Crippen LogP contribution < -0.4 is 15.4 Å². The van der Waals surface area contributed by atoms with Gasteiger partial charge in [-0.15, -0.1) is 0 Å². The number of ether oxygens (including phenoxy) is 1. The Bertz CT molecular complexity index is 330. The van der Waals surface area contributed by atoms with Gasteiger partial charge in [-0.3, -0.25) is 0 Å². The zero-order valence-corrected chi connectivity index (χ0v) is 11.0. The summed E-state index contributed by atoms with van der Waals surface area (Å²) in [5, 5.41) is 0. The van der Waals surface area contributed by atoms with E-state index in [1.54, 1.807) is 0 Å². The number of nitrogens with zero attached hydrogens (tertiary/aromatic N) is 2. The minimum Gasteiger partial charge on any atom is -0.478 e. The first-order valence-electron chi connectivity index (χ1n) is 6.26. The summed E-state index contributed by atoms with van der Waals surface area (Å²) in [6, 6.07) is 5.87. The highest BCUT2D eigenvalue weighted by Gasteiger charge is 2.10. The van der Waals surface area contributed by atoms with Crippen LogP contribution in [0.2, 0.25) is 0 Å². The Kier molecular flexibility index (Phi) is 5.77. The minimum absolute atomic E-state index is 0.465. The molecule has 1 atom stereocenters. The Morgan fingerprint density at radius 3 is 2.76 bits per heavy atom. The Balaban J connectivity index is 2.76. The zero-order chi connectivity index (χ0) is 12.7. The van der Waals surface area contributed by atoms with Crippen molar-refractivity contribution in [2.24, 2.45) is 11.7 Å². The molecule has 96 valence electrons. The van der Waals surface area contributed by atoms with Crippen LogP contribution in [0.25, 0.3) is 0 Å². The van der Waals surface area contributed by atoms with Crippen molar-refractivity contribution in [3.63, 3.8) is 0 Å². The molecule has 0 saturated heterocycles. The molecule has 2 N–H and O–H groups in total. The summed E-state index contributed by atoms with van der Waals surface area (Å²) >= 11 is 0. The van der Waals surface area contributed by atoms with E-state index in [-0.39, 0.29) is 0 Å². The number of hydrogen-bond donors (Lipinski definition) is 1. The molecule has 1 unspecified atom stereocenters. The summed E-state index contributed by atoms with van der Waals surface area (Å²) in [6.07, 6.45) is 0. The summed E-state index contributed by atoms with van der Waals surface area (Å²) in [7, 11) is 0. The van der Waals surface area contributed by atoms with Gasteiger partial charge in [0.25, 0.3) is 0 Å². The third-order valence-electron chi connectivity index (χ3n) is 2.64. The van der Waals surface area contributed by atoms with Gasteiger partial charge in [0.2, 0.25) is 5.88 Å². The molecular weight excluding hydrogens is 214 g/mol. The minimum atomic E-state index is 0.465. The monoisotopic (exact) mass is 237 g/mol. The van der Waals surface area contributed by atoms with Crippen molar-refractivity contribution < 1.29 is 4.74 Å². The summed E-state index contributed by atoms with van der Waals surface area (Å²) < 4.78 is 5.41. The molecule has 0 spiro atoms. The molecule has 0 fully saturated rings. The van der Waals surface area contributed by atoms with E-state index in [0.29, 0.717) is 24.9 Å². The van der Waals surface area contributed by atoms with Gasteiger partial charge in [0.15, 0.2) is 0 Å². The molecule has 0 aliphatic rings. The molecule has 1 heterocycles. The Labute approximate surface area is 104 Å². The number of rotatable bonds is 7. The van der Waals surface area contributed by atoms with E-state index in [4.69, 9.17) is 10.5 Å². The van der Waals surface area contributed by atoms with E-state index in [2.05, 4.69) is 23.7 Å². The first kappa shape index (κ1) is 13.8. The van der Waals surface area contributed by atoms with Gasteiger partial charge in [-0.2, -0.15) is 4.98 Å². The number of nitrogens with two attached hydrogens (primary N) is 1. The molecular formula is C13H23N3O. The van der Waals surface area contributed by atoms with Crippen molar-refractivity contribution in [2.75, 3.05) is 31.1 Å². The van der Waals surface area contributed by atoms with Crippen LogP contribution in [-0.4, -0.2) is 31.2 Å². The molecule has 4 heteroatoms. The van der Waals surface area contributed by atoms with Crippen LogP contribution in [0.15, 0.2) is 18.2 Å². The van der Waals surface area contributed by atoms with Gasteiger partial charge in [0.05, 0.1) is 6.61 Å². The number of hydrogen-bond acceptors (Lipinski definition) is 4. The molecule has 0 radical (unpaired) electrons. The zero-order valence-electron chi connectivity index (χ0n) is 11.0. The highest BCUT2D eigenvalue weighted by atomic mass is 16.5. The van der Waals surface area contributed by atoms with Crippen molar-refractivity contribution in [3.05, 3.63) is 18.2 Å².